The minimum atomic E-state index is -0.536. The molecule has 0 fully saturated rings. The maximum Gasteiger partial charge on any atom is 0.242 e. The zero-order valence-electron chi connectivity index (χ0n) is 18.7. The summed E-state index contributed by atoms with van der Waals surface area (Å²) in [5.41, 5.74) is 0.907. The number of hydrogen-bond acceptors (Lipinski definition) is 5. The third-order valence-electron chi connectivity index (χ3n) is 4.98. The molecule has 1 unspecified atom stereocenters. The first-order chi connectivity index (χ1) is 15.0. The second-order valence-electron chi connectivity index (χ2n) is 7.04. The van der Waals surface area contributed by atoms with Gasteiger partial charge < -0.3 is 24.4 Å². The molecule has 0 spiro atoms. The number of benzene rings is 2. The summed E-state index contributed by atoms with van der Waals surface area (Å²) >= 11 is 0. The SMILES string of the molecule is CCC(C(=O)NC)N(Cc1cccc(OC)c1)C(=O)CCCOc1ccc(OC)cc1. The highest BCUT2D eigenvalue weighted by molar-refractivity contribution is 5.87. The van der Waals surface area contributed by atoms with E-state index in [4.69, 9.17) is 14.2 Å². The average molecular weight is 429 g/mol. The number of ether oxygens (including phenoxy) is 3. The van der Waals surface area contributed by atoms with Crippen molar-refractivity contribution in [2.45, 2.75) is 38.8 Å². The summed E-state index contributed by atoms with van der Waals surface area (Å²) in [6.45, 7) is 2.64. The van der Waals surface area contributed by atoms with E-state index in [0.29, 0.717) is 31.7 Å². The number of hydrogen-bond donors (Lipinski definition) is 1. The molecule has 0 saturated carbocycles. The normalized spacial score (nSPS) is 11.4. The van der Waals surface area contributed by atoms with Crippen LogP contribution in [0.15, 0.2) is 48.5 Å². The Balaban J connectivity index is 2.01. The van der Waals surface area contributed by atoms with Crippen LogP contribution in [0.2, 0.25) is 0 Å². The summed E-state index contributed by atoms with van der Waals surface area (Å²) in [6.07, 6.45) is 1.36. The molecule has 7 heteroatoms. The van der Waals surface area contributed by atoms with Crippen LogP contribution in [-0.4, -0.2) is 50.6 Å². The largest absolute Gasteiger partial charge is 0.497 e. The van der Waals surface area contributed by atoms with Crippen LogP contribution in [0.25, 0.3) is 0 Å². The van der Waals surface area contributed by atoms with Gasteiger partial charge in [-0.3, -0.25) is 9.59 Å². The number of nitrogens with zero attached hydrogens (tertiary/aromatic N) is 1. The lowest BCUT2D eigenvalue weighted by molar-refractivity contribution is -0.141. The zero-order chi connectivity index (χ0) is 22.6. The molecule has 2 aromatic carbocycles. The van der Waals surface area contributed by atoms with Crippen molar-refractivity contribution < 1.29 is 23.8 Å². The predicted octanol–water partition coefficient (Wildman–Crippen LogP) is 3.42. The van der Waals surface area contributed by atoms with Crippen LogP contribution in [0.4, 0.5) is 0 Å². The van der Waals surface area contributed by atoms with Crippen molar-refractivity contribution in [1.82, 2.24) is 10.2 Å². The number of rotatable bonds is 12. The van der Waals surface area contributed by atoms with E-state index in [2.05, 4.69) is 5.32 Å². The minimum absolute atomic E-state index is 0.0865. The highest BCUT2D eigenvalue weighted by Crippen LogP contribution is 2.19. The number of methoxy groups -OCH3 is 2. The standard InChI is InChI=1S/C24H32N2O5/c1-5-22(24(28)25-2)26(17-18-8-6-9-21(16-18)30-4)23(27)10-7-15-31-20-13-11-19(29-3)12-14-20/h6,8-9,11-14,16,22H,5,7,10,15,17H2,1-4H3,(H,25,28). The predicted molar refractivity (Wildman–Crippen MR) is 119 cm³/mol. The van der Waals surface area contributed by atoms with Crippen molar-refractivity contribution in [3.05, 3.63) is 54.1 Å². The van der Waals surface area contributed by atoms with Crippen molar-refractivity contribution in [2.75, 3.05) is 27.9 Å². The van der Waals surface area contributed by atoms with Crippen molar-refractivity contribution in [3.8, 4) is 17.2 Å². The maximum absolute atomic E-state index is 13.1. The van der Waals surface area contributed by atoms with Crippen LogP contribution in [0, 0.1) is 0 Å². The number of amides is 2. The first-order valence-electron chi connectivity index (χ1n) is 10.4. The molecule has 0 saturated heterocycles. The first-order valence-corrected chi connectivity index (χ1v) is 10.4. The van der Waals surface area contributed by atoms with Gasteiger partial charge in [-0.15, -0.1) is 0 Å². The molecular weight excluding hydrogens is 396 g/mol. The van der Waals surface area contributed by atoms with E-state index in [1.807, 2.05) is 55.5 Å². The Labute approximate surface area is 184 Å². The molecule has 0 radical (unpaired) electrons. The summed E-state index contributed by atoms with van der Waals surface area (Å²) in [6, 6.07) is 14.3. The second kappa shape index (κ2) is 12.5. The van der Waals surface area contributed by atoms with Gasteiger partial charge in [0.15, 0.2) is 0 Å². The average Bonchev–Trinajstić information content (AvgIpc) is 2.81. The van der Waals surface area contributed by atoms with Crippen LogP contribution in [0.3, 0.4) is 0 Å². The molecule has 2 aromatic rings. The maximum atomic E-state index is 13.1. The summed E-state index contributed by atoms with van der Waals surface area (Å²) in [5.74, 6) is 1.93. The molecule has 2 rings (SSSR count). The monoisotopic (exact) mass is 428 g/mol. The molecule has 1 N–H and O–H groups in total. The van der Waals surface area contributed by atoms with E-state index in [1.54, 1.807) is 26.2 Å². The highest BCUT2D eigenvalue weighted by atomic mass is 16.5. The van der Waals surface area contributed by atoms with E-state index >= 15 is 0 Å². The minimum Gasteiger partial charge on any atom is -0.497 e. The summed E-state index contributed by atoms with van der Waals surface area (Å²) in [4.78, 5) is 27.1. The Hall–Kier alpha value is -3.22. The summed E-state index contributed by atoms with van der Waals surface area (Å²) in [7, 11) is 4.80. The van der Waals surface area contributed by atoms with Gasteiger partial charge in [-0.2, -0.15) is 0 Å². The van der Waals surface area contributed by atoms with Crippen molar-refractivity contribution >= 4 is 11.8 Å². The van der Waals surface area contributed by atoms with Crippen molar-refractivity contribution in [1.29, 1.82) is 0 Å². The number of likely N-dealkylation sites (N-methyl/N-ethyl adjacent to an activating group) is 1. The molecular formula is C24H32N2O5. The van der Waals surface area contributed by atoms with Gasteiger partial charge in [0.25, 0.3) is 0 Å². The third-order valence-corrected chi connectivity index (χ3v) is 4.98. The van der Waals surface area contributed by atoms with Gasteiger partial charge in [0, 0.05) is 20.0 Å². The fraction of sp³-hybridized carbons (Fsp3) is 0.417. The summed E-state index contributed by atoms with van der Waals surface area (Å²) in [5, 5.41) is 2.67. The van der Waals surface area contributed by atoms with Crippen LogP contribution in [0.1, 0.15) is 31.7 Å². The molecule has 7 nitrogen and oxygen atoms in total. The van der Waals surface area contributed by atoms with Crippen LogP contribution < -0.4 is 19.5 Å². The Morgan fingerprint density at radius 3 is 2.29 bits per heavy atom. The van der Waals surface area contributed by atoms with Crippen molar-refractivity contribution in [2.24, 2.45) is 0 Å². The highest BCUT2D eigenvalue weighted by Gasteiger charge is 2.27. The zero-order valence-corrected chi connectivity index (χ0v) is 18.7. The smallest absolute Gasteiger partial charge is 0.242 e. The summed E-state index contributed by atoms with van der Waals surface area (Å²) < 4.78 is 16.1. The molecule has 0 aliphatic rings. The molecule has 168 valence electrons. The Bertz CT molecular complexity index is 838. The van der Waals surface area contributed by atoms with Gasteiger partial charge in [-0.25, -0.2) is 0 Å². The van der Waals surface area contributed by atoms with E-state index < -0.39 is 6.04 Å². The lowest BCUT2D eigenvalue weighted by atomic mass is 10.1. The van der Waals surface area contributed by atoms with Crippen LogP contribution >= 0.6 is 0 Å². The first kappa shape index (κ1) is 24.1. The molecule has 31 heavy (non-hydrogen) atoms. The molecule has 0 aliphatic heterocycles. The molecule has 0 aliphatic carbocycles. The second-order valence-corrected chi connectivity index (χ2v) is 7.04. The molecule has 0 heterocycles. The van der Waals surface area contributed by atoms with Gasteiger partial charge in [-0.05, 0) is 54.8 Å². The van der Waals surface area contributed by atoms with Gasteiger partial charge in [0.2, 0.25) is 11.8 Å². The Morgan fingerprint density at radius 1 is 1.00 bits per heavy atom. The van der Waals surface area contributed by atoms with Crippen LogP contribution in [-0.2, 0) is 16.1 Å². The lowest BCUT2D eigenvalue weighted by Gasteiger charge is -2.30. The Kier molecular flexibility index (Phi) is 9.68. The fourth-order valence-corrected chi connectivity index (χ4v) is 3.28. The Morgan fingerprint density at radius 2 is 1.68 bits per heavy atom. The van der Waals surface area contributed by atoms with Gasteiger partial charge in [-0.1, -0.05) is 19.1 Å². The number of carbonyl (C=O) groups excluding carboxylic acids is 2. The van der Waals surface area contributed by atoms with E-state index in [9.17, 15) is 9.59 Å². The van der Waals surface area contributed by atoms with E-state index in [1.165, 1.54) is 0 Å². The molecule has 0 bridgehead atoms. The van der Waals surface area contributed by atoms with Gasteiger partial charge in [0.05, 0.1) is 20.8 Å². The van der Waals surface area contributed by atoms with Gasteiger partial charge >= 0.3 is 0 Å². The quantitative estimate of drug-likeness (QED) is 0.524. The van der Waals surface area contributed by atoms with Crippen LogP contribution in [0.5, 0.6) is 17.2 Å². The third kappa shape index (κ3) is 7.20. The van der Waals surface area contributed by atoms with E-state index in [-0.39, 0.29) is 18.2 Å². The lowest BCUT2D eigenvalue weighted by Crippen LogP contribution is -2.48. The van der Waals surface area contributed by atoms with Gasteiger partial charge in [0.1, 0.15) is 23.3 Å². The molecule has 2 amide bonds. The molecule has 0 aromatic heterocycles. The molecule has 1 atom stereocenters. The van der Waals surface area contributed by atoms with Crippen molar-refractivity contribution in [3.63, 3.8) is 0 Å². The topological polar surface area (TPSA) is 77.1 Å². The fourth-order valence-electron chi connectivity index (χ4n) is 3.28. The number of nitrogens with one attached hydrogen (secondary N) is 1. The number of carbonyl (C=O) groups is 2. The van der Waals surface area contributed by atoms with E-state index in [0.717, 1.165) is 17.1 Å².